The minimum Gasteiger partial charge on any atom is -0.392 e. The third-order valence-electron chi connectivity index (χ3n) is 7.44. The molecule has 0 aliphatic carbocycles. The molecule has 3 aromatic rings. The van der Waals surface area contributed by atoms with Crippen LogP contribution in [0.5, 0.6) is 0 Å². The van der Waals surface area contributed by atoms with E-state index in [1.807, 2.05) is 66.4 Å². The Morgan fingerprint density at radius 3 is 1.78 bits per heavy atom. The van der Waals surface area contributed by atoms with Crippen LogP contribution in [0.25, 0.3) is 0 Å². The predicted molar refractivity (Wildman–Crippen MR) is 144 cm³/mol. The number of benzene rings is 3. The van der Waals surface area contributed by atoms with Crippen LogP contribution in [0, 0.1) is 18.8 Å². The Morgan fingerprint density at radius 1 is 0.811 bits per heavy atom. The summed E-state index contributed by atoms with van der Waals surface area (Å²) in [5.41, 5.74) is 3.73. The van der Waals surface area contributed by atoms with Crippen molar-refractivity contribution in [1.29, 1.82) is 0 Å². The van der Waals surface area contributed by atoms with Gasteiger partial charge in [0.1, 0.15) is 0 Å². The molecule has 0 radical (unpaired) electrons. The van der Waals surface area contributed by atoms with Crippen LogP contribution in [0.1, 0.15) is 43.3 Å². The Balaban J connectivity index is 1.86. The first kappa shape index (κ1) is 26.5. The van der Waals surface area contributed by atoms with Crippen molar-refractivity contribution in [3.8, 4) is 0 Å². The Labute approximate surface area is 218 Å². The topological polar surface area (TPSA) is 77.9 Å². The molecule has 0 bridgehead atoms. The maximum absolute atomic E-state index is 14.0. The van der Waals surface area contributed by atoms with E-state index >= 15 is 0 Å². The van der Waals surface area contributed by atoms with Crippen molar-refractivity contribution < 1.29 is 19.5 Å². The number of aliphatic hydroxyl groups excluding tert-OH is 1. The Bertz CT molecular complexity index is 1200. The highest BCUT2D eigenvalue weighted by molar-refractivity contribution is 6.02. The molecule has 0 unspecified atom stereocenters. The zero-order valence-corrected chi connectivity index (χ0v) is 21.6. The SMILES string of the molecule is Cc1c(CO)cccc1C1[C@@H](C(=O)c2ccccc2)CN(CC(=O)N(C)C)C[C@@H]1C(=O)c1ccccc1. The van der Waals surface area contributed by atoms with Crippen LogP contribution in [0.15, 0.2) is 78.9 Å². The van der Waals surface area contributed by atoms with Crippen molar-refractivity contribution in [1.82, 2.24) is 9.80 Å². The lowest BCUT2D eigenvalue weighted by Gasteiger charge is -2.43. The van der Waals surface area contributed by atoms with Gasteiger partial charge >= 0.3 is 0 Å². The number of carbonyl (C=O) groups excluding carboxylic acids is 3. The molecule has 192 valence electrons. The van der Waals surface area contributed by atoms with Gasteiger partial charge in [-0.25, -0.2) is 0 Å². The third kappa shape index (κ3) is 5.71. The summed E-state index contributed by atoms with van der Waals surface area (Å²) in [6.45, 7) is 2.67. The molecule has 1 saturated heterocycles. The highest BCUT2D eigenvalue weighted by Crippen LogP contribution is 2.42. The van der Waals surface area contributed by atoms with Crippen molar-refractivity contribution in [2.75, 3.05) is 33.7 Å². The summed E-state index contributed by atoms with van der Waals surface area (Å²) in [4.78, 5) is 44.2. The largest absolute Gasteiger partial charge is 0.392 e. The van der Waals surface area contributed by atoms with Crippen LogP contribution in [-0.2, 0) is 11.4 Å². The molecule has 1 amide bonds. The minimum atomic E-state index is -0.545. The predicted octanol–water partition coefficient (Wildman–Crippen LogP) is 3.97. The van der Waals surface area contributed by atoms with Crippen LogP contribution >= 0.6 is 0 Å². The maximum Gasteiger partial charge on any atom is 0.236 e. The van der Waals surface area contributed by atoms with Crippen molar-refractivity contribution in [3.05, 3.63) is 107 Å². The first-order valence-electron chi connectivity index (χ1n) is 12.6. The average molecular weight is 499 g/mol. The van der Waals surface area contributed by atoms with Gasteiger partial charge in [0.25, 0.3) is 0 Å². The van der Waals surface area contributed by atoms with Crippen LogP contribution < -0.4 is 0 Å². The van der Waals surface area contributed by atoms with E-state index in [0.29, 0.717) is 24.2 Å². The van der Waals surface area contributed by atoms with E-state index in [1.165, 1.54) is 4.90 Å². The number of piperidine rings is 1. The average Bonchev–Trinajstić information content (AvgIpc) is 2.93. The van der Waals surface area contributed by atoms with E-state index in [9.17, 15) is 19.5 Å². The second kappa shape index (κ2) is 11.6. The van der Waals surface area contributed by atoms with Gasteiger partial charge in [0.15, 0.2) is 11.6 Å². The van der Waals surface area contributed by atoms with E-state index < -0.39 is 17.8 Å². The second-order valence-corrected chi connectivity index (χ2v) is 9.97. The molecule has 4 rings (SSSR count). The number of likely N-dealkylation sites (N-methyl/N-ethyl adjacent to an activating group) is 1. The highest BCUT2D eigenvalue weighted by atomic mass is 16.3. The number of aliphatic hydroxyl groups is 1. The summed E-state index contributed by atoms with van der Waals surface area (Å²) in [6, 6.07) is 24.0. The van der Waals surface area contributed by atoms with Gasteiger partial charge < -0.3 is 10.0 Å². The normalized spacial score (nSPS) is 18.4. The van der Waals surface area contributed by atoms with Gasteiger partial charge in [0.05, 0.1) is 13.2 Å². The number of carbonyl (C=O) groups is 3. The van der Waals surface area contributed by atoms with Crippen LogP contribution in [0.2, 0.25) is 0 Å². The van der Waals surface area contributed by atoms with Gasteiger partial charge in [-0.3, -0.25) is 19.3 Å². The van der Waals surface area contributed by atoms with Gasteiger partial charge in [-0.1, -0.05) is 78.9 Å². The fraction of sp³-hybridized carbons (Fsp3) is 0.323. The lowest BCUT2D eigenvalue weighted by molar-refractivity contribution is -0.130. The highest BCUT2D eigenvalue weighted by Gasteiger charge is 2.45. The zero-order valence-electron chi connectivity index (χ0n) is 21.6. The number of hydrogen-bond acceptors (Lipinski definition) is 5. The number of Topliss-reactive ketones (excluding diaryl/α,β-unsaturated/α-hetero) is 2. The van der Waals surface area contributed by atoms with Crippen LogP contribution in [0.3, 0.4) is 0 Å². The summed E-state index contributed by atoms with van der Waals surface area (Å²) >= 11 is 0. The van der Waals surface area contributed by atoms with E-state index in [1.54, 1.807) is 38.4 Å². The van der Waals surface area contributed by atoms with Crippen molar-refractivity contribution in [2.24, 2.45) is 11.8 Å². The molecule has 6 heteroatoms. The molecular weight excluding hydrogens is 464 g/mol. The number of ketones is 2. The second-order valence-electron chi connectivity index (χ2n) is 9.97. The molecule has 0 saturated carbocycles. The summed E-state index contributed by atoms with van der Waals surface area (Å²) in [7, 11) is 3.41. The van der Waals surface area contributed by atoms with E-state index in [2.05, 4.69) is 0 Å². The molecule has 2 atom stereocenters. The van der Waals surface area contributed by atoms with Crippen molar-refractivity contribution >= 4 is 17.5 Å². The van der Waals surface area contributed by atoms with Gasteiger partial charge in [0, 0.05) is 56.1 Å². The molecule has 1 aliphatic rings. The Hall–Kier alpha value is -3.61. The standard InChI is InChI=1S/C31H34N2O4/c1-21-24(20-34)15-10-16-25(21)29-26(30(36)22-11-6-4-7-12-22)17-33(19-28(35)32(2)3)18-27(29)31(37)23-13-8-5-9-14-23/h4-16,26-27,29,34H,17-20H2,1-3H3/t26-,27-/m0/s1. The molecule has 0 aromatic heterocycles. The first-order chi connectivity index (χ1) is 17.8. The van der Waals surface area contributed by atoms with Gasteiger partial charge in [-0.15, -0.1) is 0 Å². The molecule has 1 fully saturated rings. The molecule has 6 nitrogen and oxygen atoms in total. The van der Waals surface area contributed by atoms with Gasteiger partial charge in [-0.05, 0) is 23.6 Å². The van der Waals surface area contributed by atoms with Gasteiger partial charge in [-0.2, -0.15) is 0 Å². The maximum atomic E-state index is 14.0. The number of rotatable bonds is 8. The summed E-state index contributed by atoms with van der Waals surface area (Å²) < 4.78 is 0. The lowest BCUT2D eigenvalue weighted by Crippen LogP contribution is -2.52. The molecule has 1 aliphatic heterocycles. The van der Waals surface area contributed by atoms with E-state index in [0.717, 1.165) is 16.7 Å². The molecule has 0 spiro atoms. The summed E-state index contributed by atoms with van der Waals surface area (Å²) in [5.74, 6) is -1.67. The molecule has 3 aromatic carbocycles. The van der Waals surface area contributed by atoms with E-state index in [-0.39, 0.29) is 30.6 Å². The molecular formula is C31H34N2O4. The van der Waals surface area contributed by atoms with Crippen molar-refractivity contribution in [3.63, 3.8) is 0 Å². The molecule has 37 heavy (non-hydrogen) atoms. The van der Waals surface area contributed by atoms with Crippen molar-refractivity contribution in [2.45, 2.75) is 19.4 Å². The fourth-order valence-corrected chi connectivity index (χ4v) is 5.39. The minimum absolute atomic E-state index is 0.0488. The first-order valence-corrected chi connectivity index (χ1v) is 12.6. The van der Waals surface area contributed by atoms with Gasteiger partial charge in [0.2, 0.25) is 5.91 Å². The lowest BCUT2D eigenvalue weighted by atomic mass is 9.67. The Morgan fingerprint density at radius 2 is 1.32 bits per heavy atom. The Kier molecular flexibility index (Phi) is 8.31. The smallest absolute Gasteiger partial charge is 0.236 e. The molecule has 1 heterocycles. The number of likely N-dealkylation sites (tertiary alicyclic amines) is 1. The zero-order chi connectivity index (χ0) is 26.5. The number of hydrogen-bond donors (Lipinski definition) is 1. The van der Waals surface area contributed by atoms with Crippen LogP contribution in [-0.4, -0.2) is 66.1 Å². The van der Waals surface area contributed by atoms with E-state index in [4.69, 9.17) is 0 Å². The monoisotopic (exact) mass is 498 g/mol. The summed E-state index contributed by atoms with van der Waals surface area (Å²) in [5, 5.41) is 9.96. The number of nitrogens with zero attached hydrogens (tertiary/aromatic N) is 2. The number of amides is 1. The quantitative estimate of drug-likeness (QED) is 0.476. The third-order valence-corrected chi connectivity index (χ3v) is 7.44. The molecule has 1 N–H and O–H groups in total. The van der Waals surface area contributed by atoms with Crippen LogP contribution in [0.4, 0.5) is 0 Å². The fourth-order valence-electron chi connectivity index (χ4n) is 5.39. The summed E-state index contributed by atoms with van der Waals surface area (Å²) in [6.07, 6.45) is 0.